The van der Waals surface area contributed by atoms with Crippen LogP contribution in [0.4, 0.5) is 0 Å². The van der Waals surface area contributed by atoms with E-state index in [-0.39, 0.29) is 11.7 Å². The van der Waals surface area contributed by atoms with Gasteiger partial charge in [-0.25, -0.2) is 4.79 Å². The summed E-state index contributed by atoms with van der Waals surface area (Å²) in [6, 6.07) is 6.46. The molecule has 1 aromatic carbocycles. The second kappa shape index (κ2) is 10.0. The van der Waals surface area contributed by atoms with Gasteiger partial charge in [-0.15, -0.1) is 0 Å². The topological polar surface area (TPSA) is 35.5 Å². The number of unbranched alkanes of at least 4 members (excludes halogenated alkanes) is 1. The maximum Gasteiger partial charge on any atom is 0.330 e. The van der Waals surface area contributed by atoms with E-state index in [9.17, 15) is 4.79 Å². The lowest BCUT2D eigenvalue weighted by atomic mass is 10.0. The van der Waals surface area contributed by atoms with Gasteiger partial charge in [-0.05, 0) is 36.1 Å². The van der Waals surface area contributed by atoms with E-state index in [2.05, 4.69) is 13.8 Å². The fourth-order valence-corrected chi connectivity index (χ4v) is 1.96. The van der Waals surface area contributed by atoms with Gasteiger partial charge < -0.3 is 9.47 Å². The van der Waals surface area contributed by atoms with E-state index in [0.717, 1.165) is 31.2 Å². The van der Waals surface area contributed by atoms with Crippen molar-refractivity contribution >= 4 is 12.0 Å². The summed E-state index contributed by atoms with van der Waals surface area (Å²) < 4.78 is 31.2. The summed E-state index contributed by atoms with van der Waals surface area (Å²) in [4.78, 5) is 11.8. The van der Waals surface area contributed by atoms with Crippen LogP contribution < -0.4 is 4.74 Å². The Balaban J connectivity index is 2.46. The molecule has 21 heavy (non-hydrogen) atoms. The van der Waals surface area contributed by atoms with Crippen LogP contribution >= 0.6 is 0 Å². The number of carbonyl (C=O) groups is 1. The van der Waals surface area contributed by atoms with Crippen molar-refractivity contribution in [2.75, 3.05) is 13.6 Å². The van der Waals surface area contributed by atoms with Gasteiger partial charge in [0.2, 0.25) is 0 Å². The number of methoxy groups -OCH3 is 1. The van der Waals surface area contributed by atoms with Crippen LogP contribution in [0.15, 0.2) is 30.3 Å². The third-order valence-corrected chi connectivity index (χ3v) is 3.41. The summed E-state index contributed by atoms with van der Waals surface area (Å²) in [7, 11) is -2.46. The zero-order chi connectivity index (χ0) is 18.0. The smallest absolute Gasteiger partial charge is 0.330 e. The minimum atomic E-state index is -2.46. The van der Waals surface area contributed by atoms with Gasteiger partial charge >= 0.3 is 5.97 Å². The maximum atomic E-state index is 11.8. The van der Waals surface area contributed by atoms with E-state index < -0.39 is 7.04 Å². The molecule has 0 saturated carbocycles. The summed E-state index contributed by atoms with van der Waals surface area (Å²) in [5.74, 6) is 0.308. The Morgan fingerprint density at radius 1 is 1.33 bits per heavy atom. The zero-order valence-corrected chi connectivity index (χ0v) is 12.8. The molecule has 0 amide bonds. The number of benzene rings is 1. The highest BCUT2D eigenvalue weighted by Gasteiger charge is 2.08. The summed E-state index contributed by atoms with van der Waals surface area (Å²) >= 11 is 0. The number of carbonyl (C=O) groups excluding carboxylic acids is 1. The standard InChI is InChI=1S/C18H26O3/c1-4-6-7-15(5-2)14-21-18(19)13-10-16-8-11-17(20-3)12-9-16/h8-13,15H,4-7,14H2,1-3H3/b13-10+/i3+1D3. The fraction of sp³-hybridized carbons (Fsp3) is 0.500. The Morgan fingerprint density at radius 3 is 2.71 bits per heavy atom. The molecule has 1 unspecified atom stereocenters. The van der Waals surface area contributed by atoms with Crippen LogP contribution in [-0.2, 0) is 9.53 Å². The number of esters is 1. The summed E-state index contributed by atoms with van der Waals surface area (Å²) in [5, 5.41) is 0. The third kappa shape index (κ3) is 6.98. The van der Waals surface area contributed by atoms with Crippen LogP contribution in [-0.4, -0.2) is 19.6 Å². The van der Waals surface area contributed by atoms with Crippen molar-refractivity contribution in [2.45, 2.75) is 39.5 Å². The monoisotopic (exact) mass is 294 g/mol. The second-order valence-electron chi connectivity index (χ2n) is 5.05. The third-order valence-electron chi connectivity index (χ3n) is 3.41. The first-order chi connectivity index (χ1) is 11.3. The van der Waals surface area contributed by atoms with Gasteiger partial charge in [-0.1, -0.05) is 45.2 Å². The lowest BCUT2D eigenvalue weighted by Gasteiger charge is -2.13. The number of hydrogen-bond acceptors (Lipinski definition) is 3. The predicted octanol–water partition coefficient (Wildman–Crippen LogP) is 4.47. The Kier molecular flexibility index (Phi) is 6.18. The first-order valence-electron chi connectivity index (χ1n) is 8.98. The van der Waals surface area contributed by atoms with Gasteiger partial charge in [0, 0.05) is 6.08 Å². The van der Waals surface area contributed by atoms with Crippen molar-refractivity contribution in [3.05, 3.63) is 35.9 Å². The molecule has 3 heteroatoms. The number of rotatable bonds is 9. The van der Waals surface area contributed by atoms with E-state index in [1.165, 1.54) is 6.08 Å². The fourth-order valence-electron chi connectivity index (χ4n) is 1.96. The molecule has 0 aliphatic rings. The lowest BCUT2D eigenvalue weighted by molar-refractivity contribution is -0.139. The summed E-state index contributed by atoms with van der Waals surface area (Å²) in [6.45, 7) is 4.70. The van der Waals surface area contributed by atoms with Crippen molar-refractivity contribution in [1.82, 2.24) is 0 Å². The van der Waals surface area contributed by atoms with Crippen LogP contribution in [0.5, 0.6) is 5.75 Å². The lowest BCUT2D eigenvalue weighted by Crippen LogP contribution is -2.12. The molecule has 1 atom stereocenters. The minimum absolute atomic E-state index is 0.261. The molecule has 0 bridgehead atoms. The Morgan fingerprint density at radius 2 is 2.10 bits per heavy atom. The predicted molar refractivity (Wildman–Crippen MR) is 86.3 cm³/mol. The normalized spacial score (nSPS) is 15.0. The van der Waals surface area contributed by atoms with E-state index >= 15 is 0 Å². The van der Waals surface area contributed by atoms with Crippen LogP contribution in [0.1, 0.15) is 49.2 Å². The van der Waals surface area contributed by atoms with Crippen molar-refractivity contribution in [3.63, 3.8) is 0 Å². The first kappa shape index (κ1) is 12.9. The van der Waals surface area contributed by atoms with Gasteiger partial charge in [0.05, 0.1) is 17.8 Å². The van der Waals surface area contributed by atoms with E-state index in [1.807, 2.05) is 0 Å². The van der Waals surface area contributed by atoms with Gasteiger partial charge in [-0.3, -0.25) is 0 Å². The SMILES string of the molecule is [2H][13C]([2H])([2H])Oc1ccc(/C=C/C(=O)OCC(CC)CCCC)cc1. The van der Waals surface area contributed by atoms with Crippen LogP contribution in [0, 0.1) is 5.92 Å². The highest BCUT2D eigenvalue weighted by atomic mass is 16.5. The van der Waals surface area contributed by atoms with E-state index in [4.69, 9.17) is 13.6 Å². The van der Waals surface area contributed by atoms with Crippen molar-refractivity contribution in [1.29, 1.82) is 0 Å². The maximum absolute atomic E-state index is 11.8. The van der Waals surface area contributed by atoms with E-state index in [0.29, 0.717) is 12.5 Å². The molecule has 0 fully saturated rings. The average Bonchev–Trinajstić information content (AvgIpc) is 2.53. The molecule has 0 saturated heterocycles. The molecule has 0 spiro atoms. The summed E-state index contributed by atoms with van der Waals surface area (Å²) in [6.07, 6.45) is 7.39. The van der Waals surface area contributed by atoms with Gasteiger partial charge in [0.25, 0.3) is 0 Å². The minimum Gasteiger partial charge on any atom is -0.497 e. The molecule has 116 valence electrons. The van der Waals surface area contributed by atoms with Gasteiger partial charge in [0.15, 0.2) is 0 Å². The van der Waals surface area contributed by atoms with Crippen molar-refractivity contribution in [3.8, 4) is 5.75 Å². The Labute approximate surface area is 132 Å². The largest absolute Gasteiger partial charge is 0.497 e. The van der Waals surface area contributed by atoms with Crippen LogP contribution in [0.25, 0.3) is 6.08 Å². The van der Waals surface area contributed by atoms with Crippen molar-refractivity contribution < 1.29 is 18.4 Å². The quantitative estimate of drug-likeness (QED) is 0.383. The van der Waals surface area contributed by atoms with Crippen LogP contribution in [0.3, 0.4) is 0 Å². The molecule has 0 aromatic heterocycles. The molecule has 0 radical (unpaired) electrons. The average molecular weight is 294 g/mol. The molecule has 0 aliphatic carbocycles. The molecular formula is C18H26O3. The molecule has 1 rings (SSSR count). The number of ether oxygens (including phenoxy) is 2. The molecule has 1 aromatic rings. The zero-order valence-electron chi connectivity index (χ0n) is 15.8. The highest BCUT2D eigenvalue weighted by molar-refractivity contribution is 5.87. The molecular weight excluding hydrogens is 265 g/mol. The van der Waals surface area contributed by atoms with Crippen molar-refractivity contribution in [2.24, 2.45) is 5.92 Å². The van der Waals surface area contributed by atoms with Gasteiger partial charge in [0.1, 0.15) is 5.75 Å². The van der Waals surface area contributed by atoms with Gasteiger partial charge in [-0.2, -0.15) is 0 Å². The molecule has 0 aliphatic heterocycles. The van der Waals surface area contributed by atoms with Crippen LogP contribution in [0.2, 0.25) is 0 Å². The molecule has 0 N–H and O–H groups in total. The highest BCUT2D eigenvalue weighted by Crippen LogP contribution is 2.14. The number of hydrogen-bond donors (Lipinski definition) is 0. The second-order valence-corrected chi connectivity index (χ2v) is 5.05. The molecule has 3 nitrogen and oxygen atoms in total. The first-order valence-corrected chi connectivity index (χ1v) is 7.48. The Hall–Kier alpha value is -1.77. The summed E-state index contributed by atoms with van der Waals surface area (Å²) in [5.41, 5.74) is 0.767. The van der Waals surface area contributed by atoms with E-state index in [1.54, 1.807) is 30.3 Å². The molecule has 0 heterocycles. The Bertz CT molecular complexity index is 521.